The Morgan fingerprint density at radius 2 is 1.95 bits per heavy atom. The van der Waals surface area contributed by atoms with E-state index in [1.165, 1.54) is 6.07 Å². The number of halogens is 1. The molecular weight excluding hydrogens is 265 g/mol. The smallest absolute Gasteiger partial charge is 0.132 e. The van der Waals surface area contributed by atoms with Gasteiger partial charge < -0.3 is 5.32 Å². The van der Waals surface area contributed by atoms with Crippen LogP contribution in [0.3, 0.4) is 0 Å². The Kier molecular flexibility index (Phi) is 3.25. The van der Waals surface area contributed by atoms with E-state index in [0.29, 0.717) is 22.6 Å². The van der Waals surface area contributed by atoms with Crippen molar-refractivity contribution in [2.45, 2.75) is 6.92 Å². The topological polar surface area (TPSA) is 48.7 Å². The maximum Gasteiger partial charge on any atom is 0.132 e. The lowest BCUT2D eigenvalue weighted by atomic mass is 10.1. The average Bonchev–Trinajstić information content (AvgIpc) is 2.51. The standard InChI is InChI=1S/C17H12FN3/c1-11-14(18)6-4-8-15(11)20-17-9-12(10-19)13-5-2-3-7-16(13)21-17/h2-9H,1H3,(H,20,21). The molecule has 0 aliphatic rings. The van der Waals surface area contributed by atoms with Crippen molar-refractivity contribution in [1.29, 1.82) is 5.26 Å². The van der Waals surface area contributed by atoms with Crippen molar-refractivity contribution in [3.05, 3.63) is 65.5 Å². The van der Waals surface area contributed by atoms with Crippen LogP contribution < -0.4 is 5.32 Å². The molecule has 0 unspecified atom stereocenters. The monoisotopic (exact) mass is 277 g/mol. The van der Waals surface area contributed by atoms with Crippen LogP contribution in [0.25, 0.3) is 10.9 Å². The van der Waals surface area contributed by atoms with Gasteiger partial charge in [0.15, 0.2) is 0 Å². The summed E-state index contributed by atoms with van der Waals surface area (Å²) >= 11 is 0. The fourth-order valence-electron chi connectivity index (χ4n) is 2.21. The second-order valence-corrected chi connectivity index (χ2v) is 4.72. The van der Waals surface area contributed by atoms with Crippen molar-refractivity contribution in [1.82, 2.24) is 4.98 Å². The van der Waals surface area contributed by atoms with Crippen LogP contribution in [-0.2, 0) is 0 Å². The van der Waals surface area contributed by atoms with Gasteiger partial charge in [0, 0.05) is 16.6 Å². The number of benzene rings is 2. The Labute approximate surface area is 121 Å². The van der Waals surface area contributed by atoms with Crippen LogP contribution in [0.2, 0.25) is 0 Å². The summed E-state index contributed by atoms with van der Waals surface area (Å²) in [6, 6.07) is 16.1. The average molecular weight is 277 g/mol. The summed E-state index contributed by atoms with van der Waals surface area (Å²) in [5, 5.41) is 13.1. The van der Waals surface area contributed by atoms with Gasteiger partial charge in [-0.15, -0.1) is 0 Å². The van der Waals surface area contributed by atoms with E-state index in [0.717, 1.165) is 10.9 Å². The first-order chi connectivity index (χ1) is 10.2. The minimum absolute atomic E-state index is 0.277. The Hall–Kier alpha value is -2.93. The van der Waals surface area contributed by atoms with Gasteiger partial charge in [-0.05, 0) is 31.2 Å². The lowest BCUT2D eigenvalue weighted by molar-refractivity contribution is 0.619. The van der Waals surface area contributed by atoms with Gasteiger partial charge in [0.1, 0.15) is 11.6 Å². The quantitative estimate of drug-likeness (QED) is 0.759. The van der Waals surface area contributed by atoms with Crippen LogP contribution in [0.4, 0.5) is 15.9 Å². The van der Waals surface area contributed by atoms with E-state index in [-0.39, 0.29) is 5.82 Å². The molecule has 0 aliphatic carbocycles. The van der Waals surface area contributed by atoms with Gasteiger partial charge in [-0.1, -0.05) is 24.3 Å². The molecule has 3 nitrogen and oxygen atoms in total. The maximum absolute atomic E-state index is 13.6. The molecule has 0 saturated carbocycles. The van der Waals surface area contributed by atoms with Gasteiger partial charge >= 0.3 is 0 Å². The highest BCUT2D eigenvalue weighted by Gasteiger charge is 2.08. The minimum Gasteiger partial charge on any atom is -0.340 e. The molecule has 3 rings (SSSR count). The normalized spacial score (nSPS) is 10.3. The molecule has 0 aliphatic heterocycles. The molecule has 0 amide bonds. The van der Waals surface area contributed by atoms with Crippen molar-refractivity contribution in [3.63, 3.8) is 0 Å². The number of nitrogens with one attached hydrogen (secondary N) is 1. The number of para-hydroxylation sites is 1. The molecule has 21 heavy (non-hydrogen) atoms. The molecular formula is C17H12FN3. The molecule has 1 heterocycles. The molecule has 0 bridgehead atoms. The molecule has 0 radical (unpaired) electrons. The fourth-order valence-corrected chi connectivity index (χ4v) is 2.21. The van der Waals surface area contributed by atoms with Gasteiger partial charge in [0.25, 0.3) is 0 Å². The number of pyridine rings is 1. The molecule has 3 aromatic rings. The van der Waals surface area contributed by atoms with Crippen molar-refractivity contribution in [2.75, 3.05) is 5.32 Å². The van der Waals surface area contributed by atoms with Crippen molar-refractivity contribution < 1.29 is 4.39 Å². The third-order valence-corrected chi connectivity index (χ3v) is 3.37. The van der Waals surface area contributed by atoms with Crippen LogP contribution in [-0.4, -0.2) is 4.98 Å². The van der Waals surface area contributed by atoms with E-state index in [2.05, 4.69) is 16.4 Å². The number of rotatable bonds is 2. The first-order valence-electron chi connectivity index (χ1n) is 6.51. The Morgan fingerprint density at radius 3 is 2.76 bits per heavy atom. The summed E-state index contributed by atoms with van der Waals surface area (Å²) in [5.41, 5.74) is 2.43. The number of fused-ring (bicyclic) bond motifs is 1. The zero-order valence-electron chi connectivity index (χ0n) is 11.4. The van der Waals surface area contributed by atoms with E-state index >= 15 is 0 Å². The third kappa shape index (κ3) is 2.41. The SMILES string of the molecule is Cc1c(F)cccc1Nc1cc(C#N)c2ccccc2n1. The van der Waals surface area contributed by atoms with Crippen LogP contribution in [0.5, 0.6) is 0 Å². The molecule has 0 spiro atoms. The van der Waals surface area contributed by atoms with Crippen molar-refractivity contribution in [3.8, 4) is 6.07 Å². The summed E-state index contributed by atoms with van der Waals surface area (Å²) in [4.78, 5) is 4.47. The van der Waals surface area contributed by atoms with E-state index in [4.69, 9.17) is 0 Å². The first-order valence-corrected chi connectivity index (χ1v) is 6.51. The minimum atomic E-state index is -0.277. The van der Waals surface area contributed by atoms with Gasteiger partial charge in [-0.25, -0.2) is 9.37 Å². The van der Waals surface area contributed by atoms with Crippen molar-refractivity contribution >= 4 is 22.4 Å². The largest absolute Gasteiger partial charge is 0.340 e. The third-order valence-electron chi connectivity index (χ3n) is 3.37. The lowest BCUT2D eigenvalue weighted by Gasteiger charge is -2.10. The molecule has 2 aromatic carbocycles. The summed E-state index contributed by atoms with van der Waals surface area (Å²) in [6.45, 7) is 1.70. The highest BCUT2D eigenvalue weighted by Crippen LogP contribution is 2.25. The molecule has 0 fully saturated rings. The summed E-state index contributed by atoms with van der Waals surface area (Å²) < 4.78 is 13.6. The predicted molar refractivity (Wildman–Crippen MR) is 80.9 cm³/mol. The molecule has 1 N–H and O–H groups in total. The van der Waals surface area contributed by atoms with Crippen LogP contribution >= 0.6 is 0 Å². The number of anilines is 2. The molecule has 1 aromatic heterocycles. The number of aromatic nitrogens is 1. The zero-order chi connectivity index (χ0) is 14.8. The van der Waals surface area contributed by atoms with Gasteiger partial charge in [-0.3, -0.25) is 0 Å². The second-order valence-electron chi connectivity index (χ2n) is 4.72. The number of nitrogens with zero attached hydrogens (tertiary/aromatic N) is 2. The van der Waals surface area contributed by atoms with Crippen LogP contribution in [0.15, 0.2) is 48.5 Å². The summed E-state index contributed by atoms with van der Waals surface area (Å²) in [6.07, 6.45) is 0. The second kappa shape index (κ2) is 5.22. The Bertz CT molecular complexity index is 866. The highest BCUT2D eigenvalue weighted by molar-refractivity contribution is 5.86. The van der Waals surface area contributed by atoms with E-state index in [1.807, 2.05) is 24.3 Å². The first kappa shape index (κ1) is 13.1. The van der Waals surface area contributed by atoms with Gasteiger partial charge in [0.2, 0.25) is 0 Å². The molecule has 0 saturated heterocycles. The van der Waals surface area contributed by atoms with E-state index in [1.54, 1.807) is 25.1 Å². The van der Waals surface area contributed by atoms with Crippen molar-refractivity contribution in [2.24, 2.45) is 0 Å². The predicted octanol–water partition coefficient (Wildman–Crippen LogP) is 4.30. The number of nitriles is 1. The molecule has 102 valence electrons. The summed E-state index contributed by atoms with van der Waals surface area (Å²) in [5.74, 6) is 0.250. The van der Waals surface area contributed by atoms with Crippen LogP contribution in [0.1, 0.15) is 11.1 Å². The van der Waals surface area contributed by atoms with Gasteiger partial charge in [0.05, 0.1) is 17.1 Å². The van der Waals surface area contributed by atoms with Gasteiger partial charge in [-0.2, -0.15) is 5.26 Å². The zero-order valence-corrected chi connectivity index (χ0v) is 11.4. The number of hydrogen-bond acceptors (Lipinski definition) is 3. The van der Waals surface area contributed by atoms with E-state index < -0.39 is 0 Å². The highest BCUT2D eigenvalue weighted by atomic mass is 19.1. The van der Waals surface area contributed by atoms with Crippen LogP contribution in [0, 0.1) is 24.1 Å². The molecule has 4 heteroatoms. The lowest BCUT2D eigenvalue weighted by Crippen LogP contribution is -1.98. The Morgan fingerprint density at radius 1 is 1.14 bits per heavy atom. The summed E-state index contributed by atoms with van der Waals surface area (Å²) in [7, 11) is 0. The Balaban J connectivity index is 2.09. The maximum atomic E-state index is 13.6. The number of hydrogen-bond donors (Lipinski definition) is 1. The van der Waals surface area contributed by atoms with E-state index in [9.17, 15) is 9.65 Å². The fraction of sp³-hybridized carbons (Fsp3) is 0.0588. The molecule has 0 atom stereocenters.